The van der Waals surface area contributed by atoms with Gasteiger partial charge in [-0.05, 0) is 45.7 Å². The second-order valence-electron chi connectivity index (χ2n) is 7.22. The molecule has 0 radical (unpaired) electrons. The van der Waals surface area contributed by atoms with Gasteiger partial charge in [-0.15, -0.1) is 35.3 Å². The van der Waals surface area contributed by atoms with Crippen LogP contribution in [0.4, 0.5) is 0 Å². The van der Waals surface area contributed by atoms with E-state index >= 15 is 0 Å². The summed E-state index contributed by atoms with van der Waals surface area (Å²) in [6.07, 6.45) is 2.74. The van der Waals surface area contributed by atoms with Crippen LogP contribution in [-0.4, -0.2) is 67.6 Å². The van der Waals surface area contributed by atoms with E-state index in [0.717, 1.165) is 42.8 Å². The van der Waals surface area contributed by atoms with Crippen LogP contribution in [0.25, 0.3) is 0 Å². The Morgan fingerprint density at radius 2 is 2.11 bits per heavy atom. The number of aromatic nitrogens is 1. The van der Waals surface area contributed by atoms with Gasteiger partial charge in [0.25, 0.3) is 0 Å². The lowest BCUT2D eigenvalue weighted by atomic mass is 10.2. The van der Waals surface area contributed by atoms with E-state index < -0.39 is 0 Å². The number of halogens is 1. The standard InChI is InChI=1S/C19H35N5OS.HI/c1-6-20-19(21-11-15(2)12-24-9-7-8-10-24)23(4)13-17-14-26-18(22-17)16(3)25-5;/h14-16H,6-13H2,1-5H3,(H,20,21);1H. The van der Waals surface area contributed by atoms with Gasteiger partial charge >= 0.3 is 0 Å². The van der Waals surface area contributed by atoms with Gasteiger partial charge in [0.1, 0.15) is 11.1 Å². The Balaban J connectivity index is 0.00000364. The fourth-order valence-electron chi connectivity index (χ4n) is 3.18. The maximum absolute atomic E-state index is 5.35. The highest BCUT2D eigenvalue weighted by Gasteiger charge is 2.16. The predicted molar refractivity (Wildman–Crippen MR) is 125 cm³/mol. The molecule has 8 heteroatoms. The lowest BCUT2D eigenvalue weighted by Gasteiger charge is -2.23. The quantitative estimate of drug-likeness (QED) is 0.313. The fraction of sp³-hybridized carbons (Fsp3) is 0.789. The molecule has 27 heavy (non-hydrogen) atoms. The van der Waals surface area contributed by atoms with Crippen LogP contribution < -0.4 is 5.32 Å². The van der Waals surface area contributed by atoms with Crippen LogP contribution in [0.15, 0.2) is 10.4 Å². The molecule has 0 bridgehead atoms. The summed E-state index contributed by atoms with van der Waals surface area (Å²) in [5, 5.41) is 6.54. The summed E-state index contributed by atoms with van der Waals surface area (Å²) in [6, 6.07) is 0. The smallest absolute Gasteiger partial charge is 0.194 e. The number of nitrogens with zero attached hydrogens (tertiary/aromatic N) is 4. The molecule has 1 fully saturated rings. The van der Waals surface area contributed by atoms with Crippen molar-refractivity contribution in [2.24, 2.45) is 10.9 Å². The van der Waals surface area contributed by atoms with E-state index in [0.29, 0.717) is 5.92 Å². The summed E-state index contributed by atoms with van der Waals surface area (Å²) in [5.41, 5.74) is 1.06. The second-order valence-corrected chi connectivity index (χ2v) is 8.11. The Morgan fingerprint density at radius 3 is 2.74 bits per heavy atom. The van der Waals surface area contributed by atoms with Gasteiger partial charge in [0.15, 0.2) is 5.96 Å². The van der Waals surface area contributed by atoms with Gasteiger partial charge in [-0.1, -0.05) is 6.92 Å². The average Bonchev–Trinajstić information content (AvgIpc) is 3.29. The molecule has 2 atom stereocenters. The fourth-order valence-corrected chi connectivity index (χ4v) is 4.02. The molecule has 1 saturated heterocycles. The largest absolute Gasteiger partial charge is 0.375 e. The zero-order chi connectivity index (χ0) is 18.9. The molecule has 1 aromatic heterocycles. The summed E-state index contributed by atoms with van der Waals surface area (Å²) in [5.74, 6) is 1.53. The maximum Gasteiger partial charge on any atom is 0.194 e. The van der Waals surface area contributed by atoms with Crippen LogP contribution in [0, 0.1) is 5.92 Å². The summed E-state index contributed by atoms with van der Waals surface area (Å²) >= 11 is 1.66. The number of hydrogen-bond acceptors (Lipinski definition) is 5. The molecule has 0 amide bonds. The Kier molecular flexibility index (Phi) is 11.7. The highest BCUT2D eigenvalue weighted by molar-refractivity contribution is 14.0. The molecular formula is C19H36IN5OS. The highest BCUT2D eigenvalue weighted by atomic mass is 127. The number of methoxy groups -OCH3 is 1. The molecule has 2 unspecified atom stereocenters. The van der Waals surface area contributed by atoms with E-state index in [1.165, 1.54) is 25.9 Å². The van der Waals surface area contributed by atoms with Crippen molar-refractivity contribution in [2.45, 2.75) is 46.3 Å². The first kappa shape index (κ1) is 24.6. The first-order chi connectivity index (χ1) is 12.5. The normalized spacial score (nSPS) is 17.4. The molecule has 156 valence electrons. The van der Waals surface area contributed by atoms with Crippen LogP contribution in [0.1, 0.15) is 50.4 Å². The summed E-state index contributed by atoms with van der Waals surface area (Å²) in [6.45, 7) is 12.6. The molecule has 0 aliphatic carbocycles. The van der Waals surface area contributed by atoms with Crippen LogP contribution in [0.3, 0.4) is 0 Å². The molecule has 2 rings (SSSR count). The molecule has 0 aromatic carbocycles. The number of aliphatic imine (C=N–C) groups is 1. The zero-order valence-electron chi connectivity index (χ0n) is 17.4. The van der Waals surface area contributed by atoms with Crippen molar-refractivity contribution in [1.82, 2.24) is 20.1 Å². The van der Waals surface area contributed by atoms with Crippen molar-refractivity contribution in [2.75, 3.05) is 46.9 Å². The third-order valence-corrected chi connectivity index (χ3v) is 5.74. The van der Waals surface area contributed by atoms with Crippen molar-refractivity contribution in [3.8, 4) is 0 Å². The first-order valence-electron chi connectivity index (χ1n) is 9.72. The van der Waals surface area contributed by atoms with Gasteiger partial charge in [0.05, 0.1) is 12.2 Å². The molecule has 1 aliphatic heterocycles. The summed E-state index contributed by atoms with van der Waals surface area (Å²) in [7, 11) is 3.79. The van der Waals surface area contributed by atoms with Crippen LogP contribution in [0.2, 0.25) is 0 Å². The summed E-state index contributed by atoms with van der Waals surface area (Å²) in [4.78, 5) is 14.3. The van der Waals surface area contributed by atoms with E-state index in [2.05, 4.69) is 46.4 Å². The van der Waals surface area contributed by atoms with Crippen LogP contribution >= 0.6 is 35.3 Å². The Labute approximate surface area is 185 Å². The van der Waals surface area contributed by atoms with Crippen molar-refractivity contribution in [3.63, 3.8) is 0 Å². The minimum Gasteiger partial charge on any atom is -0.375 e. The van der Waals surface area contributed by atoms with Gasteiger partial charge in [0, 0.05) is 39.2 Å². The third kappa shape index (κ3) is 8.21. The Bertz CT molecular complexity index is 562. The van der Waals surface area contributed by atoms with Gasteiger partial charge in [-0.3, -0.25) is 4.99 Å². The summed E-state index contributed by atoms with van der Waals surface area (Å²) < 4.78 is 5.35. The minimum absolute atomic E-state index is 0. The average molecular weight is 510 g/mol. The van der Waals surface area contributed by atoms with Gasteiger partial charge in [-0.25, -0.2) is 4.98 Å². The van der Waals surface area contributed by atoms with Gasteiger partial charge in [-0.2, -0.15) is 0 Å². The second kappa shape index (κ2) is 12.9. The molecule has 1 N–H and O–H groups in total. The molecule has 6 nitrogen and oxygen atoms in total. The van der Waals surface area contributed by atoms with E-state index in [9.17, 15) is 0 Å². The van der Waals surface area contributed by atoms with Crippen molar-refractivity contribution in [3.05, 3.63) is 16.1 Å². The molecular weight excluding hydrogens is 473 g/mol. The van der Waals surface area contributed by atoms with Crippen molar-refractivity contribution in [1.29, 1.82) is 0 Å². The van der Waals surface area contributed by atoms with Crippen LogP contribution in [0.5, 0.6) is 0 Å². The predicted octanol–water partition coefficient (Wildman–Crippen LogP) is 3.60. The van der Waals surface area contributed by atoms with Crippen molar-refractivity contribution < 1.29 is 4.74 Å². The minimum atomic E-state index is 0. The molecule has 1 aromatic rings. The van der Waals surface area contributed by atoms with E-state index in [4.69, 9.17) is 9.73 Å². The monoisotopic (exact) mass is 509 g/mol. The number of likely N-dealkylation sites (tertiary alicyclic amines) is 1. The number of ether oxygens (including phenoxy) is 1. The SMILES string of the molecule is CCNC(=NCC(C)CN1CCCC1)N(C)Cc1csc(C(C)OC)n1.I. The Hall–Kier alpha value is -0.450. The highest BCUT2D eigenvalue weighted by Crippen LogP contribution is 2.21. The lowest BCUT2D eigenvalue weighted by Crippen LogP contribution is -2.39. The zero-order valence-corrected chi connectivity index (χ0v) is 20.5. The van der Waals surface area contributed by atoms with E-state index in [1.807, 2.05) is 6.92 Å². The number of nitrogens with one attached hydrogen (secondary N) is 1. The molecule has 2 heterocycles. The van der Waals surface area contributed by atoms with Crippen molar-refractivity contribution >= 4 is 41.3 Å². The molecule has 1 aliphatic rings. The number of guanidine groups is 1. The van der Waals surface area contributed by atoms with Gasteiger partial charge < -0.3 is 19.9 Å². The van der Waals surface area contributed by atoms with Crippen LogP contribution in [-0.2, 0) is 11.3 Å². The van der Waals surface area contributed by atoms with E-state index in [1.54, 1.807) is 18.4 Å². The number of rotatable bonds is 9. The first-order valence-corrected chi connectivity index (χ1v) is 10.6. The lowest BCUT2D eigenvalue weighted by molar-refractivity contribution is 0.119. The topological polar surface area (TPSA) is 53.0 Å². The Morgan fingerprint density at radius 1 is 1.41 bits per heavy atom. The maximum atomic E-state index is 5.35. The molecule has 0 spiro atoms. The van der Waals surface area contributed by atoms with Gasteiger partial charge in [0.2, 0.25) is 0 Å². The molecule has 0 saturated carbocycles. The number of hydrogen-bond donors (Lipinski definition) is 1. The van der Waals surface area contributed by atoms with E-state index in [-0.39, 0.29) is 30.1 Å². The third-order valence-electron chi connectivity index (χ3n) is 4.69. The number of thiazole rings is 1.